The highest BCUT2D eigenvalue weighted by molar-refractivity contribution is 14.1. The number of nitrogens with two attached hydrogens (primary N) is 1. The number of rotatable bonds is 3. The van der Waals surface area contributed by atoms with Gasteiger partial charge in [-0.1, -0.05) is 0 Å². The summed E-state index contributed by atoms with van der Waals surface area (Å²) in [7, 11) is 0. The first-order chi connectivity index (χ1) is 11.0. The molecule has 3 amide bonds. The summed E-state index contributed by atoms with van der Waals surface area (Å²) < 4.78 is 1.06. The number of piperidine rings is 1. The van der Waals surface area contributed by atoms with E-state index in [0.29, 0.717) is 31.6 Å². The normalized spacial score (nSPS) is 28.2. The summed E-state index contributed by atoms with van der Waals surface area (Å²) in [4.78, 5) is 38.7. The molecule has 0 bridgehead atoms. The minimum atomic E-state index is -0.337. The van der Waals surface area contributed by atoms with Crippen molar-refractivity contribution >= 4 is 46.0 Å². The maximum atomic E-state index is 12.7. The van der Waals surface area contributed by atoms with Crippen LogP contribution in [-0.2, 0) is 14.4 Å². The molecule has 0 unspecified atom stereocenters. The van der Waals surface area contributed by atoms with Crippen LogP contribution in [0.3, 0.4) is 0 Å². The Kier molecular flexibility index (Phi) is 4.67. The molecule has 1 aromatic rings. The molecule has 2 heterocycles. The molecule has 2 aliphatic rings. The van der Waals surface area contributed by atoms with Gasteiger partial charge in [-0.25, -0.2) is 4.90 Å². The van der Waals surface area contributed by atoms with Crippen LogP contribution >= 0.6 is 22.6 Å². The third-order valence-corrected chi connectivity index (χ3v) is 5.47. The first-order valence-corrected chi connectivity index (χ1v) is 8.81. The second kappa shape index (κ2) is 6.56. The summed E-state index contributed by atoms with van der Waals surface area (Å²) in [5.41, 5.74) is 5.98. The number of primary amides is 1. The number of nitrogens with one attached hydrogen (secondary N) is 1. The number of likely N-dealkylation sites (tertiary alicyclic amines) is 1. The molecule has 2 fully saturated rings. The molecule has 3 rings (SSSR count). The molecular weight excluding hydrogens is 409 g/mol. The molecule has 6 nitrogen and oxygen atoms in total. The van der Waals surface area contributed by atoms with Crippen LogP contribution in [0.4, 0.5) is 5.69 Å². The zero-order valence-electron chi connectivity index (χ0n) is 12.6. The smallest absolute Gasteiger partial charge is 0.292 e. The summed E-state index contributed by atoms with van der Waals surface area (Å²) in [6, 6.07) is 7.03. The van der Waals surface area contributed by atoms with Crippen molar-refractivity contribution in [2.75, 3.05) is 18.0 Å². The maximum Gasteiger partial charge on any atom is 0.292 e. The Morgan fingerprint density at radius 3 is 2.35 bits per heavy atom. The standard InChI is InChI=1S/C16H18IN3O3/c17-11-1-3-12(4-2-11)20-14(21)9-13(16(20)23)19-7-5-10(6-8-19)15(18)22/h1-4,10,13H,5-9H2,(H2,18,22)/p+1/t13-/m1/s1. The van der Waals surface area contributed by atoms with E-state index >= 15 is 0 Å². The molecule has 1 aromatic carbocycles. The van der Waals surface area contributed by atoms with Gasteiger partial charge in [-0.3, -0.25) is 14.4 Å². The zero-order chi connectivity index (χ0) is 16.6. The molecule has 0 saturated carbocycles. The maximum absolute atomic E-state index is 12.7. The summed E-state index contributed by atoms with van der Waals surface area (Å²) >= 11 is 2.19. The monoisotopic (exact) mass is 428 g/mol. The minimum absolute atomic E-state index is 0.0988. The van der Waals surface area contributed by atoms with Crippen molar-refractivity contribution in [3.63, 3.8) is 0 Å². The second-order valence-electron chi connectivity index (χ2n) is 6.14. The van der Waals surface area contributed by atoms with Gasteiger partial charge < -0.3 is 10.6 Å². The van der Waals surface area contributed by atoms with Gasteiger partial charge in [0.15, 0.2) is 6.04 Å². The third-order valence-electron chi connectivity index (χ3n) is 4.75. The average molecular weight is 428 g/mol. The van der Waals surface area contributed by atoms with E-state index in [1.165, 1.54) is 4.90 Å². The molecule has 1 atom stereocenters. The van der Waals surface area contributed by atoms with E-state index in [9.17, 15) is 14.4 Å². The lowest BCUT2D eigenvalue weighted by atomic mass is 9.95. The van der Waals surface area contributed by atoms with Gasteiger partial charge in [0.05, 0.1) is 25.2 Å². The van der Waals surface area contributed by atoms with Crippen LogP contribution in [0.25, 0.3) is 0 Å². The van der Waals surface area contributed by atoms with Crippen molar-refractivity contribution in [3.05, 3.63) is 27.8 Å². The van der Waals surface area contributed by atoms with Crippen molar-refractivity contribution in [1.82, 2.24) is 0 Å². The fourth-order valence-corrected chi connectivity index (χ4v) is 3.79. The first-order valence-electron chi connectivity index (χ1n) is 7.73. The highest BCUT2D eigenvalue weighted by Crippen LogP contribution is 2.23. The predicted octanol–water partition coefficient (Wildman–Crippen LogP) is -0.297. The van der Waals surface area contributed by atoms with Crippen LogP contribution in [0.15, 0.2) is 24.3 Å². The number of nitrogens with zero attached hydrogens (tertiary/aromatic N) is 1. The summed E-state index contributed by atoms with van der Waals surface area (Å²) in [5, 5.41) is 0. The van der Waals surface area contributed by atoms with E-state index < -0.39 is 0 Å². The van der Waals surface area contributed by atoms with E-state index in [1.54, 1.807) is 12.1 Å². The molecule has 0 radical (unpaired) electrons. The second-order valence-corrected chi connectivity index (χ2v) is 7.38. The Bertz CT molecular complexity index is 638. The minimum Gasteiger partial charge on any atom is -0.369 e. The van der Waals surface area contributed by atoms with Crippen LogP contribution in [0.5, 0.6) is 0 Å². The highest BCUT2D eigenvalue weighted by Gasteiger charge is 2.46. The Morgan fingerprint density at radius 1 is 1.17 bits per heavy atom. The van der Waals surface area contributed by atoms with Crippen molar-refractivity contribution < 1.29 is 19.3 Å². The molecule has 2 saturated heterocycles. The van der Waals surface area contributed by atoms with Crippen LogP contribution < -0.4 is 15.5 Å². The van der Waals surface area contributed by atoms with E-state index in [-0.39, 0.29) is 36.1 Å². The van der Waals surface area contributed by atoms with E-state index in [1.807, 2.05) is 12.1 Å². The van der Waals surface area contributed by atoms with Gasteiger partial charge >= 0.3 is 0 Å². The highest BCUT2D eigenvalue weighted by atomic mass is 127. The van der Waals surface area contributed by atoms with Gasteiger partial charge in [-0.05, 0) is 46.9 Å². The number of carbonyl (C=O) groups excluding carboxylic acids is 3. The SMILES string of the molecule is NC(=O)C1CC[NH+]([C@@H]2CC(=O)N(c3ccc(I)cc3)C2=O)CC1. The average Bonchev–Trinajstić information content (AvgIpc) is 2.83. The lowest BCUT2D eigenvalue weighted by molar-refractivity contribution is -0.920. The Labute approximate surface area is 148 Å². The molecule has 2 aliphatic heterocycles. The third kappa shape index (κ3) is 3.25. The van der Waals surface area contributed by atoms with Gasteiger partial charge in [0.25, 0.3) is 5.91 Å². The molecule has 23 heavy (non-hydrogen) atoms. The largest absolute Gasteiger partial charge is 0.369 e. The quantitative estimate of drug-likeness (QED) is 0.513. The van der Waals surface area contributed by atoms with Crippen LogP contribution in [0.1, 0.15) is 19.3 Å². The molecule has 7 heteroatoms. The molecule has 0 aromatic heterocycles. The van der Waals surface area contributed by atoms with Gasteiger partial charge in [0.2, 0.25) is 11.8 Å². The number of halogens is 1. The van der Waals surface area contributed by atoms with Crippen molar-refractivity contribution in [1.29, 1.82) is 0 Å². The van der Waals surface area contributed by atoms with Crippen LogP contribution in [0, 0.1) is 9.49 Å². The Morgan fingerprint density at radius 2 is 1.78 bits per heavy atom. The van der Waals surface area contributed by atoms with Gasteiger partial charge in [0.1, 0.15) is 0 Å². The fourth-order valence-electron chi connectivity index (χ4n) is 3.43. The fraction of sp³-hybridized carbons (Fsp3) is 0.438. The number of amides is 3. The van der Waals surface area contributed by atoms with Crippen LogP contribution in [-0.4, -0.2) is 36.9 Å². The lowest BCUT2D eigenvalue weighted by Crippen LogP contribution is -3.17. The van der Waals surface area contributed by atoms with Crippen molar-refractivity contribution in [3.8, 4) is 0 Å². The summed E-state index contributed by atoms with van der Waals surface area (Å²) in [6.45, 7) is 1.41. The van der Waals surface area contributed by atoms with E-state index in [2.05, 4.69) is 22.6 Å². The predicted molar refractivity (Wildman–Crippen MR) is 92.7 cm³/mol. The topological polar surface area (TPSA) is 84.9 Å². The number of hydrogen-bond donors (Lipinski definition) is 2. The van der Waals surface area contributed by atoms with E-state index in [4.69, 9.17) is 5.73 Å². The van der Waals surface area contributed by atoms with Crippen molar-refractivity contribution in [2.45, 2.75) is 25.3 Å². The van der Waals surface area contributed by atoms with Gasteiger partial charge in [-0.2, -0.15) is 0 Å². The number of hydrogen-bond acceptors (Lipinski definition) is 3. The van der Waals surface area contributed by atoms with Gasteiger partial charge in [-0.15, -0.1) is 0 Å². The van der Waals surface area contributed by atoms with E-state index in [0.717, 1.165) is 8.47 Å². The Balaban J connectivity index is 1.72. The number of carbonyl (C=O) groups is 3. The van der Waals surface area contributed by atoms with Crippen LogP contribution in [0.2, 0.25) is 0 Å². The number of benzene rings is 1. The first kappa shape index (κ1) is 16.4. The molecule has 0 aliphatic carbocycles. The number of imide groups is 1. The zero-order valence-corrected chi connectivity index (χ0v) is 14.8. The number of anilines is 1. The molecule has 0 spiro atoms. The lowest BCUT2D eigenvalue weighted by Gasteiger charge is -2.30. The number of quaternary nitrogens is 1. The Hall–Kier alpha value is -1.48. The summed E-state index contributed by atoms with van der Waals surface area (Å²) in [5.74, 6) is -0.647. The molecular formula is C16H19IN3O3+. The molecule has 122 valence electrons. The summed E-state index contributed by atoms with van der Waals surface area (Å²) in [6.07, 6.45) is 1.61. The van der Waals surface area contributed by atoms with Crippen molar-refractivity contribution in [2.24, 2.45) is 11.7 Å². The molecule has 3 N–H and O–H groups in total. The van der Waals surface area contributed by atoms with Gasteiger partial charge in [0, 0.05) is 22.3 Å².